The smallest absolute Gasteiger partial charge is 0.343 e. The van der Waals surface area contributed by atoms with Gasteiger partial charge in [-0.3, -0.25) is 28.3 Å². The maximum Gasteiger partial charge on any atom is 0.343 e. The van der Waals surface area contributed by atoms with Crippen LogP contribution in [0, 0.1) is 5.82 Å². The van der Waals surface area contributed by atoms with Crippen LogP contribution in [0.5, 0.6) is 5.75 Å². The quantitative estimate of drug-likeness (QED) is 0.198. The van der Waals surface area contributed by atoms with E-state index in [0.29, 0.717) is 12.8 Å². The summed E-state index contributed by atoms with van der Waals surface area (Å²) in [6.07, 6.45) is -0.973. The summed E-state index contributed by atoms with van der Waals surface area (Å²) in [5.41, 5.74) is -3.03. The predicted molar refractivity (Wildman–Crippen MR) is 174 cm³/mol. The van der Waals surface area contributed by atoms with Gasteiger partial charge in [-0.15, -0.1) is 0 Å². The van der Waals surface area contributed by atoms with Crippen LogP contribution in [0.15, 0.2) is 87.4 Å². The average Bonchev–Trinajstić information content (AvgIpc) is 3.52. The van der Waals surface area contributed by atoms with Crippen LogP contribution in [-0.4, -0.2) is 57.0 Å². The minimum absolute atomic E-state index is 0.0232. The molecule has 3 heterocycles. The number of benzene rings is 2. The van der Waals surface area contributed by atoms with Gasteiger partial charge < -0.3 is 23.7 Å². The second kappa shape index (κ2) is 16.0. The number of esters is 2. The molecular formula is C34H31ClFN3O11. The minimum Gasteiger partial charge on any atom is -0.463 e. The van der Waals surface area contributed by atoms with Gasteiger partial charge in [-0.1, -0.05) is 48.0 Å². The summed E-state index contributed by atoms with van der Waals surface area (Å²) in [5, 5.41) is -0.0753. The summed E-state index contributed by atoms with van der Waals surface area (Å²) in [6, 6.07) is 14.9. The molecule has 14 nitrogen and oxygen atoms in total. The van der Waals surface area contributed by atoms with Crippen molar-refractivity contribution in [2.45, 2.75) is 52.0 Å². The third kappa shape index (κ3) is 8.31. The molecule has 1 aliphatic rings. The van der Waals surface area contributed by atoms with Crippen molar-refractivity contribution in [1.29, 1.82) is 0 Å². The fourth-order valence-corrected chi connectivity index (χ4v) is 5.28. The standard InChI is InChI=1S/C34H31ClFN3O11/c1-3-46-19-37-15-24(35)26(13-29(37)41)50-33(44)23-11-7-10-22(12-23)31(42)39-32(43)25(36)16-38(34(39)45)30-14-27(28(49-30)18-47-20(2)40)48-17-21-8-5-4-6-9-21/h4-13,15-16,27-28,30H,3,14,17-19H2,1-2H3/t27-,28+,30+/m0/s1. The summed E-state index contributed by atoms with van der Waals surface area (Å²) in [4.78, 5) is 76.9. The molecule has 0 saturated carbocycles. The molecule has 262 valence electrons. The highest BCUT2D eigenvalue weighted by Gasteiger charge is 2.39. The van der Waals surface area contributed by atoms with Crippen LogP contribution in [0.4, 0.5) is 4.39 Å². The van der Waals surface area contributed by atoms with Crippen LogP contribution < -0.4 is 21.5 Å². The van der Waals surface area contributed by atoms with E-state index >= 15 is 4.39 Å². The Morgan fingerprint density at radius 3 is 2.46 bits per heavy atom. The summed E-state index contributed by atoms with van der Waals surface area (Å²) < 4.78 is 44.6. The highest BCUT2D eigenvalue weighted by atomic mass is 35.5. The normalized spacial score (nSPS) is 17.0. The summed E-state index contributed by atoms with van der Waals surface area (Å²) in [5.74, 6) is -4.54. The Labute approximate surface area is 288 Å². The lowest BCUT2D eigenvalue weighted by Crippen LogP contribution is -2.46. The Morgan fingerprint density at radius 2 is 1.74 bits per heavy atom. The van der Waals surface area contributed by atoms with E-state index in [2.05, 4.69) is 0 Å². The molecule has 2 aromatic carbocycles. The second-order valence-corrected chi connectivity index (χ2v) is 11.4. The van der Waals surface area contributed by atoms with E-state index in [1.807, 2.05) is 30.3 Å². The maximum absolute atomic E-state index is 15.1. The molecule has 0 radical (unpaired) electrons. The van der Waals surface area contributed by atoms with Crippen molar-refractivity contribution in [3.05, 3.63) is 132 Å². The van der Waals surface area contributed by atoms with Crippen molar-refractivity contribution < 1.29 is 42.5 Å². The van der Waals surface area contributed by atoms with Gasteiger partial charge in [-0.05, 0) is 30.7 Å². The Morgan fingerprint density at radius 1 is 1.00 bits per heavy atom. The van der Waals surface area contributed by atoms with Gasteiger partial charge in [-0.2, -0.15) is 8.96 Å². The van der Waals surface area contributed by atoms with Gasteiger partial charge >= 0.3 is 17.6 Å². The van der Waals surface area contributed by atoms with Gasteiger partial charge in [0.2, 0.25) is 5.82 Å². The Bertz CT molecular complexity index is 2080. The van der Waals surface area contributed by atoms with Crippen LogP contribution >= 0.6 is 11.6 Å². The molecule has 1 saturated heterocycles. The number of hydrogen-bond acceptors (Lipinski definition) is 11. The van der Waals surface area contributed by atoms with Gasteiger partial charge in [0, 0.05) is 37.8 Å². The van der Waals surface area contributed by atoms with Crippen molar-refractivity contribution in [3.8, 4) is 5.75 Å². The van der Waals surface area contributed by atoms with Crippen molar-refractivity contribution in [3.63, 3.8) is 0 Å². The number of carbonyl (C=O) groups is 3. The molecule has 3 atom stereocenters. The van der Waals surface area contributed by atoms with Gasteiger partial charge in [0.15, 0.2) is 5.75 Å². The van der Waals surface area contributed by atoms with E-state index in [-0.39, 0.29) is 52.8 Å². The van der Waals surface area contributed by atoms with Crippen molar-refractivity contribution in [1.82, 2.24) is 13.7 Å². The van der Waals surface area contributed by atoms with Crippen LogP contribution in [-0.2, 0) is 37.1 Å². The maximum atomic E-state index is 15.1. The Kier molecular flexibility index (Phi) is 11.5. The zero-order valence-corrected chi connectivity index (χ0v) is 27.5. The van der Waals surface area contributed by atoms with E-state index in [0.717, 1.165) is 22.3 Å². The fraction of sp³-hybridized carbons (Fsp3) is 0.294. The monoisotopic (exact) mass is 711 g/mol. The van der Waals surface area contributed by atoms with Crippen molar-refractivity contribution in [2.75, 3.05) is 13.2 Å². The first-order chi connectivity index (χ1) is 24.0. The largest absolute Gasteiger partial charge is 0.463 e. The van der Waals surface area contributed by atoms with E-state index in [1.165, 1.54) is 35.9 Å². The first-order valence-electron chi connectivity index (χ1n) is 15.3. The molecule has 0 amide bonds. The minimum atomic E-state index is -1.53. The van der Waals surface area contributed by atoms with Crippen LogP contribution in [0.1, 0.15) is 52.8 Å². The van der Waals surface area contributed by atoms with Gasteiger partial charge in [-0.25, -0.2) is 9.59 Å². The molecule has 1 fully saturated rings. The number of hydrogen-bond donors (Lipinski definition) is 0. The third-order valence-corrected chi connectivity index (χ3v) is 7.83. The van der Waals surface area contributed by atoms with E-state index < -0.39 is 58.9 Å². The molecule has 0 N–H and O–H groups in total. The number of ether oxygens (including phenoxy) is 5. The Hall–Kier alpha value is -5.22. The number of aromatic nitrogens is 3. The zero-order chi connectivity index (χ0) is 35.9. The van der Waals surface area contributed by atoms with Gasteiger partial charge in [0.1, 0.15) is 25.7 Å². The first-order valence-corrected chi connectivity index (χ1v) is 15.7. The molecule has 0 aliphatic carbocycles. The van der Waals surface area contributed by atoms with Crippen molar-refractivity contribution >= 4 is 29.4 Å². The molecule has 4 aromatic rings. The molecule has 5 rings (SSSR count). The summed E-state index contributed by atoms with van der Waals surface area (Å²) >= 11 is 6.19. The van der Waals surface area contributed by atoms with Crippen LogP contribution in [0.3, 0.4) is 0 Å². The molecule has 0 unspecified atom stereocenters. The number of nitrogens with zero attached hydrogens (tertiary/aromatic N) is 3. The number of halogens is 2. The Balaban J connectivity index is 1.39. The van der Waals surface area contributed by atoms with E-state index in [4.69, 9.17) is 35.3 Å². The number of rotatable bonds is 12. The predicted octanol–water partition coefficient (Wildman–Crippen LogP) is 3.30. The zero-order valence-electron chi connectivity index (χ0n) is 26.8. The molecule has 1 aliphatic heterocycles. The van der Waals surface area contributed by atoms with E-state index in [9.17, 15) is 28.8 Å². The molecule has 0 spiro atoms. The number of carbonyl (C=O) groups excluding carboxylic acids is 3. The highest BCUT2D eigenvalue weighted by Crippen LogP contribution is 2.31. The van der Waals surface area contributed by atoms with Crippen LogP contribution in [0.25, 0.3) is 0 Å². The molecule has 16 heteroatoms. The molecule has 0 bridgehead atoms. The lowest BCUT2D eigenvalue weighted by atomic mass is 10.1. The van der Waals surface area contributed by atoms with Gasteiger partial charge in [0.05, 0.1) is 29.5 Å². The first kappa shape index (κ1) is 36.1. The van der Waals surface area contributed by atoms with Crippen LogP contribution in [0.2, 0.25) is 5.02 Å². The average molecular weight is 712 g/mol. The highest BCUT2D eigenvalue weighted by molar-refractivity contribution is 6.32. The fourth-order valence-electron chi connectivity index (χ4n) is 5.06. The lowest BCUT2D eigenvalue weighted by Gasteiger charge is -2.18. The van der Waals surface area contributed by atoms with E-state index in [1.54, 1.807) is 6.92 Å². The summed E-state index contributed by atoms with van der Waals surface area (Å²) in [6.45, 7) is 3.15. The molecule has 50 heavy (non-hydrogen) atoms. The molecule has 2 aromatic heterocycles. The molecular weight excluding hydrogens is 681 g/mol. The van der Waals surface area contributed by atoms with Crippen molar-refractivity contribution in [2.24, 2.45) is 0 Å². The van der Waals surface area contributed by atoms with Gasteiger partial charge in [0.25, 0.3) is 17.0 Å². The number of pyridine rings is 1. The summed E-state index contributed by atoms with van der Waals surface area (Å²) in [7, 11) is 0. The topological polar surface area (TPSA) is 163 Å². The third-order valence-electron chi connectivity index (χ3n) is 7.55. The lowest BCUT2D eigenvalue weighted by molar-refractivity contribution is -0.148. The SMILES string of the molecule is CCOCn1cc(Cl)c(OC(=O)c2cccc(C(=O)n3c(=O)c(F)cn([C@H]4C[C@H](OCc5ccccc5)[C@@H](COC(C)=O)O4)c3=O)c2)cc1=O. The second-order valence-electron chi connectivity index (χ2n) is 11.0.